The highest BCUT2D eigenvalue weighted by Gasteiger charge is 2.02. The van der Waals surface area contributed by atoms with Crippen molar-refractivity contribution in [1.82, 2.24) is 15.2 Å². The summed E-state index contributed by atoms with van der Waals surface area (Å²) in [6.07, 6.45) is 0.751. The van der Waals surface area contributed by atoms with Gasteiger partial charge < -0.3 is 10.6 Å². The van der Waals surface area contributed by atoms with Gasteiger partial charge >= 0.3 is 0 Å². The van der Waals surface area contributed by atoms with Crippen molar-refractivity contribution in [3.8, 4) is 0 Å². The number of rotatable bonds is 3. The number of aromatic amines is 1. The van der Waals surface area contributed by atoms with E-state index in [4.69, 9.17) is 5.73 Å². The Labute approximate surface area is 65.6 Å². The number of H-pyrrole nitrogens is 1. The van der Waals surface area contributed by atoms with Crippen LogP contribution in [0.2, 0.25) is 0 Å². The summed E-state index contributed by atoms with van der Waals surface area (Å²) in [5.74, 6) is 1.55. The Kier molecular flexibility index (Phi) is 2.43. The van der Waals surface area contributed by atoms with Gasteiger partial charge in [0.05, 0.1) is 0 Å². The van der Waals surface area contributed by atoms with Crippen molar-refractivity contribution in [1.29, 1.82) is 0 Å². The van der Waals surface area contributed by atoms with Gasteiger partial charge in [0.25, 0.3) is 0 Å². The Bertz CT molecular complexity index is 217. The van der Waals surface area contributed by atoms with E-state index in [1.54, 1.807) is 0 Å². The molecule has 1 heterocycles. The van der Waals surface area contributed by atoms with Crippen molar-refractivity contribution in [3.05, 3.63) is 5.82 Å². The van der Waals surface area contributed by atoms with Crippen molar-refractivity contribution >= 4 is 5.95 Å². The van der Waals surface area contributed by atoms with Gasteiger partial charge in [-0.25, -0.2) is 0 Å². The average molecular weight is 155 g/mol. The smallest absolute Gasteiger partial charge is 0.244 e. The van der Waals surface area contributed by atoms with Crippen molar-refractivity contribution in [2.45, 2.75) is 6.42 Å². The molecule has 0 aliphatic heterocycles. The van der Waals surface area contributed by atoms with Gasteiger partial charge in [-0.3, -0.25) is 5.10 Å². The van der Waals surface area contributed by atoms with Crippen LogP contribution in [0.15, 0.2) is 0 Å². The molecule has 1 aromatic rings. The Morgan fingerprint density at radius 3 is 2.73 bits per heavy atom. The quantitative estimate of drug-likeness (QED) is 0.609. The van der Waals surface area contributed by atoms with Crippen LogP contribution in [0.4, 0.5) is 5.95 Å². The second kappa shape index (κ2) is 3.34. The predicted octanol–water partition coefficient (Wildman–Crippen LogP) is -0.628. The van der Waals surface area contributed by atoms with E-state index in [-0.39, 0.29) is 0 Å². The van der Waals surface area contributed by atoms with Gasteiger partial charge in [0.2, 0.25) is 5.95 Å². The lowest BCUT2D eigenvalue weighted by atomic mass is 10.4. The van der Waals surface area contributed by atoms with Gasteiger partial charge in [0.1, 0.15) is 5.82 Å². The van der Waals surface area contributed by atoms with Crippen LogP contribution in [0, 0.1) is 0 Å². The summed E-state index contributed by atoms with van der Waals surface area (Å²) in [4.78, 5) is 6.02. The maximum absolute atomic E-state index is 5.34. The molecule has 0 bridgehead atoms. The molecule has 0 radical (unpaired) electrons. The first-order chi connectivity index (χ1) is 5.24. The van der Waals surface area contributed by atoms with E-state index in [1.165, 1.54) is 0 Å². The second-order valence-corrected chi connectivity index (χ2v) is 2.52. The normalized spacial score (nSPS) is 10.1. The minimum Gasteiger partial charge on any atom is -0.346 e. The van der Waals surface area contributed by atoms with Gasteiger partial charge in [-0.15, -0.1) is 5.10 Å². The average Bonchev–Trinajstić information content (AvgIpc) is 2.37. The highest BCUT2D eigenvalue weighted by molar-refractivity contribution is 5.24. The Hall–Kier alpha value is -1.10. The van der Waals surface area contributed by atoms with Crippen LogP contribution < -0.4 is 10.6 Å². The molecular weight excluding hydrogens is 142 g/mol. The van der Waals surface area contributed by atoms with Crippen LogP contribution in [0.25, 0.3) is 0 Å². The molecule has 0 aliphatic carbocycles. The van der Waals surface area contributed by atoms with E-state index in [2.05, 4.69) is 15.2 Å². The lowest BCUT2D eigenvalue weighted by Gasteiger charge is -2.03. The zero-order valence-corrected chi connectivity index (χ0v) is 6.83. The Morgan fingerprint density at radius 2 is 2.27 bits per heavy atom. The van der Waals surface area contributed by atoms with Gasteiger partial charge in [0.15, 0.2) is 0 Å². The summed E-state index contributed by atoms with van der Waals surface area (Å²) < 4.78 is 0. The van der Waals surface area contributed by atoms with Crippen molar-refractivity contribution < 1.29 is 0 Å². The number of nitrogens with zero attached hydrogens (tertiary/aromatic N) is 3. The van der Waals surface area contributed by atoms with E-state index >= 15 is 0 Å². The highest BCUT2D eigenvalue weighted by Crippen LogP contribution is 2.01. The predicted molar refractivity (Wildman–Crippen MR) is 43.5 cm³/mol. The van der Waals surface area contributed by atoms with Gasteiger partial charge in [-0.1, -0.05) is 0 Å². The number of anilines is 1. The lowest BCUT2D eigenvalue weighted by molar-refractivity contribution is 0.874. The van der Waals surface area contributed by atoms with Gasteiger partial charge in [-0.05, 0) is 6.54 Å². The van der Waals surface area contributed by atoms with E-state index in [9.17, 15) is 0 Å². The van der Waals surface area contributed by atoms with Gasteiger partial charge in [-0.2, -0.15) is 4.98 Å². The van der Waals surface area contributed by atoms with Crippen LogP contribution in [0.5, 0.6) is 0 Å². The third kappa shape index (κ3) is 1.91. The van der Waals surface area contributed by atoms with Crippen LogP contribution in [0.3, 0.4) is 0 Å². The molecule has 62 valence electrons. The molecule has 0 aliphatic rings. The fourth-order valence-corrected chi connectivity index (χ4v) is 0.734. The summed E-state index contributed by atoms with van der Waals surface area (Å²) in [6.45, 7) is 0.599. The topological polar surface area (TPSA) is 70.8 Å². The van der Waals surface area contributed by atoms with Crippen molar-refractivity contribution in [2.24, 2.45) is 5.73 Å². The molecule has 0 amide bonds. The van der Waals surface area contributed by atoms with Crippen LogP contribution >= 0.6 is 0 Å². The molecule has 5 nitrogen and oxygen atoms in total. The maximum Gasteiger partial charge on any atom is 0.244 e. The molecule has 1 aromatic heterocycles. The Balaban J connectivity index is 2.66. The van der Waals surface area contributed by atoms with E-state index in [1.807, 2.05) is 19.0 Å². The number of aromatic nitrogens is 3. The first-order valence-electron chi connectivity index (χ1n) is 3.52. The monoisotopic (exact) mass is 155 g/mol. The van der Waals surface area contributed by atoms with Crippen molar-refractivity contribution in [3.63, 3.8) is 0 Å². The SMILES string of the molecule is CN(C)c1n[nH]c(CCN)n1. The standard InChI is InChI=1S/C6H13N5/c1-11(2)6-8-5(3-4-7)9-10-6/h3-4,7H2,1-2H3,(H,8,9,10). The summed E-state index contributed by atoms with van der Waals surface area (Å²) in [6, 6.07) is 0. The van der Waals surface area contributed by atoms with E-state index in [0.29, 0.717) is 12.5 Å². The maximum atomic E-state index is 5.34. The minimum absolute atomic E-state index is 0.599. The third-order valence-corrected chi connectivity index (χ3v) is 1.30. The highest BCUT2D eigenvalue weighted by atomic mass is 15.3. The van der Waals surface area contributed by atoms with Crippen LogP contribution in [0.1, 0.15) is 5.82 Å². The number of nitrogens with two attached hydrogens (primary N) is 1. The van der Waals surface area contributed by atoms with E-state index < -0.39 is 0 Å². The number of hydrogen-bond acceptors (Lipinski definition) is 4. The number of hydrogen-bond donors (Lipinski definition) is 2. The number of nitrogens with one attached hydrogen (secondary N) is 1. The molecule has 0 fully saturated rings. The largest absolute Gasteiger partial charge is 0.346 e. The first-order valence-corrected chi connectivity index (χ1v) is 3.52. The summed E-state index contributed by atoms with van der Waals surface area (Å²) in [5.41, 5.74) is 5.34. The molecule has 11 heavy (non-hydrogen) atoms. The summed E-state index contributed by atoms with van der Waals surface area (Å²) in [7, 11) is 3.80. The van der Waals surface area contributed by atoms with Crippen molar-refractivity contribution in [2.75, 3.05) is 25.5 Å². The fourth-order valence-electron chi connectivity index (χ4n) is 0.734. The zero-order chi connectivity index (χ0) is 8.27. The molecule has 0 saturated heterocycles. The second-order valence-electron chi connectivity index (χ2n) is 2.52. The molecule has 0 saturated carbocycles. The molecule has 3 N–H and O–H groups in total. The molecular formula is C6H13N5. The van der Waals surface area contributed by atoms with Crippen LogP contribution in [-0.4, -0.2) is 35.8 Å². The van der Waals surface area contributed by atoms with E-state index in [0.717, 1.165) is 12.2 Å². The molecule has 0 atom stereocenters. The summed E-state index contributed by atoms with van der Waals surface area (Å²) in [5, 5.41) is 6.77. The summed E-state index contributed by atoms with van der Waals surface area (Å²) >= 11 is 0. The van der Waals surface area contributed by atoms with Crippen LogP contribution in [-0.2, 0) is 6.42 Å². The lowest BCUT2D eigenvalue weighted by Crippen LogP contribution is -2.10. The molecule has 0 aromatic carbocycles. The molecule has 5 heteroatoms. The fraction of sp³-hybridized carbons (Fsp3) is 0.667. The Morgan fingerprint density at radius 1 is 1.55 bits per heavy atom. The molecule has 0 unspecified atom stereocenters. The molecule has 0 spiro atoms. The zero-order valence-electron chi connectivity index (χ0n) is 6.83. The third-order valence-electron chi connectivity index (χ3n) is 1.30. The first kappa shape index (κ1) is 8.00. The minimum atomic E-state index is 0.599. The molecule has 1 rings (SSSR count). The van der Waals surface area contributed by atoms with Gasteiger partial charge in [0, 0.05) is 20.5 Å².